The summed E-state index contributed by atoms with van der Waals surface area (Å²) < 4.78 is 12.0. The molecule has 0 amide bonds. The summed E-state index contributed by atoms with van der Waals surface area (Å²) in [6, 6.07) is 9.85. The second kappa shape index (κ2) is 7.78. The molecular formula is C19H21BrN4O2. The second-order valence-electron chi connectivity index (χ2n) is 6.18. The molecule has 0 fully saturated rings. The van der Waals surface area contributed by atoms with E-state index in [2.05, 4.69) is 36.4 Å². The molecule has 26 heavy (non-hydrogen) atoms. The number of halogens is 1. The third-order valence-corrected chi connectivity index (χ3v) is 4.22. The van der Waals surface area contributed by atoms with E-state index in [9.17, 15) is 0 Å². The van der Waals surface area contributed by atoms with Crippen LogP contribution in [-0.4, -0.2) is 29.4 Å². The van der Waals surface area contributed by atoms with Gasteiger partial charge in [0.1, 0.15) is 0 Å². The SMILES string of the molecule is COc1cc(/C=N\Nc2nc3ccc(C)cc3[nH]2)cc(Br)c1OC(C)C. The van der Waals surface area contributed by atoms with E-state index in [0.29, 0.717) is 17.4 Å². The first-order chi connectivity index (χ1) is 12.5. The Morgan fingerprint density at radius 3 is 2.81 bits per heavy atom. The van der Waals surface area contributed by atoms with E-state index < -0.39 is 0 Å². The van der Waals surface area contributed by atoms with Crippen LogP contribution in [0.5, 0.6) is 11.5 Å². The predicted molar refractivity (Wildman–Crippen MR) is 109 cm³/mol. The normalized spacial score (nSPS) is 11.5. The summed E-state index contributed by atoms with van der Waals surface area (Å²) in [7, 11) is 1.62. The van der Waals surface area contributed by atoms with Crippen LogP contribution in [-0.2, 0) is 0 Å². The van der Waals surface area contributed by atoms with Gasteiger partial charge in [0, 0.05) is 0 Å². The third kappa shape index (κ3) is 4.16. The monoisotopic (exact) mass is 416 g/mol. The molecule has 1 heterocycles. The van der Waals surface area contributed by atoms with E-state index in [1.54, 1.807) is 13.3 Å². The second-order valence-corrected chi connectivity index (χ2v) is 7.03. The molecule has 0 spiro atoms. The molecule has 0 unspecified atom stereocenters. The number of fused-ring (bicyclic) bond motifs is 1. The van der Waals surface area contributed by atoms with Crippen LogP contribution >= 0.6 is 15.9 Å². The Bertz CT molecular complexity index is 950. The number of imidazole rings is 1. The van der Waals surface area contributed by atoms with E-state index in [1.165, 1.54) is 5.56 Å². The Morgan fingerprint density at radius 2 is 2.08 bits per heavy atom. The molecule has 2 aromatic carbocycles. The van der Waals surface area contributed by atoms with Gasteiger partial charge in [-0.05, 0) is 72.1 Å². The molecule has 136 valence electrons. The van der Waals surface area contributed by atoms with Gasteiger partial charge in [-0.2, -0.15) is 5.10 Å². The fourth-order valence-electron chi connectivity index (χ4n) is 2.51. The number of aromatic nitrogens is 2. The summed E-state index contributed by atoms with van der Waals surface area (Å²) in [4.78, 5) is 7.65. The minimum Gasteiger partial charge on any atom is -0.493 e. The summed E-state index contributed by atoms with van der Waals surface area (Å²) in [5.74, 6) is 1.92. The highest BCUT2D eigenvalue weighted by Gasteiger charge is 2.12. The maximum Gasteiger partial charge on any atom is 0.222 e. The maximum atomic E-state index is 5.79. The number of hydrogen-bond acceptors (Lipinski definition) is 5. The van der Waals surface area contributed by atoms with Crippen molar-refractivity contribution in [1.82, 2.24) is 9.97 Å². The standard InChI is InChI=1S/C19H21BrN4O2/c1-11(2)26-18-14(20)8-13(9-17(18)25-4)10-21-24-19-22-15-6-5-12(3)7-16(15)23-19/h5-11H,1-4H3,(H2,22,23,24)/b21-10-. The molecule has 3 rings (SSSR count). The van der Waals surface area contributed by atoms with Crippen molar-refractivity contribution in [2.24, 2.45) is 5.10 Å². The maximum absolute atomic E-state index is 5.79. The van der Waals surface area contributed by atoms with E-state index >= 15 is 0 Å². The minimum absolute atomic E-state index is 0.0538. The van der Waals surface area contributed by atoms with Crippen LogP contribution in [0, 0.1) is 6.92 Å². The van der Waals surface area contributed by atoms with Crippen molar-refractivity contribution >= 4 is 39.1 Å². The van der Waals surface area contributed by atoms with Crippen LogP contribution in [0.4, 0.5) is 5.95 Å². The number of nitrogens with one attached hydrogen (secondary N) is 2. The number of aryl methyl sites for hydroxylation is 1. The largest absolute Gasteiger partial charge is 0.493 e. The average molecular weight is 417 g/mol. The lowest BCUT2D eigenvalue weighted by molar-refractivity contribution is 0.228. The Labute approximate surface area is 160 Å². The van der Waals surface area contributed by atoms with E-state index in [0.717, 1.165) is 21.1 Å². The number of hydrogen-bond donors (Lipinski definition) is 2. The zero-order valence-corrected chi connectivity index (χ0v) is 16.7. The van der Waals surface area contributed by atoms with Gasteiger partial charge in [-0.25, -0.2) is 10.4 Å². The highest BCUT2D eigenvalue weighted by Crippen LogP contribution is 2.37. The number of hydrazone groups is 1. The Morgan fingerprint density at radius 1 is 1.27 bits per heavy atom. The predicted octanol–water partition coefficient (Wildman–Crippen LogP) is 4.88. The quantitative estimate of drug-likeness (QED) is 0.443. The number of ether oxygens (including phenoxy) is 2. The first kappa shape index (κ1) is 18.3. The summed E-state index contributed by atoms with van der Waals surface area (Å²) in [5, 5.41) is 4.25. The molecule has 0 atom stereocenters. The lowest BCUT2D eigenvalue weighted by Gasteiger charge is -2.15. The minimum atomic E-state index is 0.0538. The van der Waals surface area contributed by atoms with Crippen molar-refractivity contribution in [3.8, 4) is 11.5 Å². The van der Waals surface area contributed by atoms with Gasteiger partial charge in [-0.3, -0.25) is 0 Å². The fraction of sp³-hybridized carbons (Fsp3) is 0.263. The first-order valence-corrected chi connectivity index (χ1v) is 9.05. The van der Waals surface area contributed by atoms with E-state index in [-0.39, 0.29) is 6.10 Å². The van der Waals surface area contributed by atoms with Crippen LogP contribution < -0.4 is 14.9 Å². The number of aromatic amines is 1. The van der Waals surface area contributed by atoms with Crippen LogP contribution in [0.15, 0.2) is 39.9 Å². The number of nitrogens with zero attached hydrogens (tertiary/aromatic N) is 2. The molecule has 0 aliphatic carbocycles. The zero-order valence-electron chi connectivity index (χ0n) is 15.1. The van der Waals surface area contributed by atoms with Crippen molar-refractivity contribution in [1.29, 1.82) is 0 Å². The van der Waals surface area contributed by atoms with Gasteiger partial charge < -0.3 is 14.5 Å². The summed E-state index contributed by atoms with van der Waals surface area (Å²) in [6.07, 6.45) is 1.75. The molecule has 0 saturated carbocycles. The van der Waals surface area contributed by atoms with Gasteiger partial charge in [0.05, 0.1) is 34.9 Å². The number of H-pyrrole nitrogens is 1. The smallest absolute Gasteiger partial charge is 0.222 e. The number of rotatable bonds is 6. The first-order valence-electron chi connectivity index (χ1n) is 8.26. The summed E-state index contributed by atoms with van der Waals surface area (Å²) in [6.45, 7) is 5.99. The van der Waals surface area contributed by atoms with Gasteiger partial charge in [0.2, 0.25) is 5.95 Å². The molecular weight excluding hydrogens is 396 g/mol. The topological polar surface area (TPSA) is 71.5 Å². The Balaban J connectivity index is 1.77. The van der Waals surface area contributed by atoms with Crippen LogP contribution in [0.25, 0.3) is 11.0 Å². The summed E-state index contributed by atoms with van der Waals surface area (Å²) >= 11 is 3.53. The molecule has 2 N–H and O–H groups in total. The van der Waals surface area contributed by atoms with Crippen LogP contribution in [0.1, 0.15) is 25.0 Å². The molecule has 0 aliphatic rings. The van der Waals surface area contributed by atoms with E-state index in [1.807, 2.05) is 51.1 Å². The number of anilines is 1. The zero-order chi connectivity index (χ0) is 18.7. The van der Waals surface area contributed by atoms with Gasteiger partial charge in [-0.1, -0.05) is 6.07 Å². The number of methoxy groups -OCH3 is 1. The van der Waals surface area contributed by atoms with Gasteiger partial charge in [0.25, 0.3) is 0 Å². The third-order valence-electron chi connectivity index (χ3n) is 3.63. The van der Waals surface area contributed by atoms with Gasteiger partial charge in [-0.15, -0.1) is 0 Å². The van der Waals surface area contributed by atoms with Crippen molar-refractivity contribution in [2.45, 2.75) is 26.9 Å². The van der Waals surface area contributed by atoms with E-state index in [4.69, 9.17) is 9.47 Å². The van der Waals surface area contributed by atoms with Crippen molar-refractivity contribution < 1.29 is 9.47 Å². The van der Waals surface area contributed by atoms with Crippen molar-refractivity contribution in [2.75, 3.05) is 12.5 Å². The Hall–Kier alpha value is -2.54. The molecule has 0 bridgehead atoms. The lowest BCUT2D eigenvalue weighted by atomic mass is 10.2. The van der Waals surface area contributed by atoms with Gasteiger partial charge in [0.15, 0.2) is 11.5 Å². The average Bonchev–Trinajstić information content (AvgIpc) is 2.98. The molecule has 0 radical (unpaired) electrons. The number of benzene rings is 2. The molecule has 0 saturated heterocycles. The molecule has 7 heteroatoms. The van der Waals surface area contributed by atoms with Gasteiger partial charge >= 0.3 is 0 Å². The lowest BCUT2D eigenvalue weighted by Crippen LogP contribution is -2.07. The fourth-order valence-corrected chi connectivity index (χ4v) is 3.06. The molecule has 0 aliphatic heterocycles. The molecule has 1 aromatic heterocycles. The van der Waals surface area contributed by atoms with Crippen LogP contribution in [0.3, 0.4) is 0 Å². The summed E-state index contributed by atoms with van der Waals surface area (Å²) in [5.41, 5.74) is 6.83. The highest BCUT2D eigenvalue weighted by molar-refractivity contribution is 9.10. The molecule has 6 nitrogen and oxygen atoms in total. The molecule has 3 aromatic rings. The highest BCUT2D eigenvalue weighted by atomic mass is 79.9. The van der Waals surface area contributed by atoms with Crippen molar-refractivity contribution in [3.63, 3.8) is 0 Å². The van der Waals surface area contributed by atoms with Crippen molar-refractivity contribution in [3.05, 3.63) is 45.9 Å². The Kier molecular flexibility index (Phi) is 5.46. The van der Waals surface area contributed by atoms with Crippen LogP contribution in [0.2, 0.25) is 0 Å².